The summed E-state index contributed by atoms with van der Waals surface area (Å²) in [7, 11) is 1.75. The van der Waals surface area contributed by atoms with Gasteiger partial charge in [0, 0.05) is 24.5 Å². The van der Waals surface area contributed by atoms with Gasteiger partial charge in [0.05, 0.1) is 42.8 Å². The molecule has 1 atom stereocenters. The topological polar surface area (TPSA) is 72.6 Å². The lowest BCUT2D eigenvalue weighted by Crippen LogP contribution is -2.36. The molecule has 0 saturated carbocycles. The summed E-state index contributed by atoms with van der Waals surface area (Å²) >= 11 is 0. The van der Waals surface area contributed by atoms with Crippen molar-refractivity contribution in [3.8, 4) is 5.75 Å². The fourth-order valence-corrected chi connectivity index (χ4v) is 5.67. The van der Waals surface area contributed by atoms with Crippen LogP contribution in [-0.2, 0) is 37.3 Å². The molecule has 2 aromatic carbocycles. The highest BCUT2D eigenvalue weighted by molar-refractivity contribution is 5.98. The number of aryl methyl sites for hydroxylation is 2. The fraction of sp³-hybridized carbons (Fsp3) is 0.314. The minimum atomic E-state index is -0.269. The molecule has 0 radical (unpaired) electrons. The second-order valence-electron chi connectivity index (χ2n) is 10.7. The molecule has 42 heavy (non-hydrogen) atoms. The summed E-state index contributed by atoms with van der Waals surface area (Å²) in [4.78, 5) is 25.3. The number of ether oxygens (including phenoxy) is 1. The Morgan fingerprint density at radius 1 is 1.14 bits per heavy atom. The van der Waals surface area contributed by atoms with E-state index in [1.807, 2.05) is 58.5 Å². The van der Waals surface area contributed by atoms with Crippen LogP contribution >= 0.6 is 0 Å². The Hall–Kier alpha value is -4.52. The van der Waals surface area contributed by atoms with Crippen molar-refractivity contribution in [2.75, 3.05) is 11.9 Å². The molecule has 1 unspecified atom stereocenters. The van der Waals surface area contributed by atoms with Gasteiger partial charge < -0.3 is 9.64 Å². The summed E-state index contributed by atoms with van der Waals surface area (Å²) in [6, 6.07) is 18.3. The number of aliphatic imine (C=N–C) groups is 1. The number of carbonyl (C=O) groups excluding carboxylic acids is 1. The Morgan fingerprint density at radius 2 is 1.98 bits per heavy atom. The summed E-state index contributed by atoms with van der Waals surface area (Å²) in [6.45, 7) is 9.43. The lowest BCUT2D eigenvalue weighted by atomic mass is 9.79. The van der Waals surface area contributed by atoms with Gasteiger partial charge in [0.15, 0.2) is 0 Å². The number of amides is 1. The van der Waals surface area contributed by atoms with Crippen LogP contribution in [0.5, 0.6) is 5.75 Å². The average molecular weight is 562 g/mol. The van der Waals surface area contributed by atoms with Crippen molar-refractivity contribution in [2.24, 2.45) is 4.99 Å². The van der Waals surface area contributed by atoms with E-state index in [-0.39, 0.29) is 11.8 Å². The number of benzene rings is 2. The molecule has 0 fully saturated rings. The van der Waals surface area contributed by atoms with Crippen molar-refractivity contribution in [1.29, 1.82) is 0 Å². The van der Waals surface area contributed by atoms with Crippen LogP contribution < -0.4 is 9.64 Å². The molecule has 7 nitrogen and oxygen atoms in total. The molecule has 0 saturated heterocycles. The SMILES string of the molecule is C=CC(Cn1cc(CN(C(=O)C2CCCc3c(OCc4ccccc4)ccc(C)c32)c2ccc(CC)nc2)cn1)=NC. The van der Waals surface area contributed by atoms with Gasteiger partial charge in [-0.05, 0) is 79.1 Å². The third-order valence-corrected chi connectivity index (χ3v) is 7.96. The molecule has 1 aliphatic rings. The number of pyridine rings is 1. The van der Waals surface area contributed by atoms with Crippen LogP contribution in [0.15, 0.2) is 90.8 Å². The number of carbonyl (C=O) groups is 1. The summed E-state index contributed by atoms with van der Waals surface area (Å²) in [5.74, 6) is 0.670. The van der Waals surface area contributed by atoms with Gasteiger partial charge in [0.2, 0.25) is 5.91 Å². The van der Waals surface area contributed by atoms with E-state index in [4.69, 9.17) is 4.74 Å². The molecule has 5 rings (SSSR count). The van der Waals surface area contributed by atoms with Gasteiger partial charge in [0.25, 0.3) is 0 Å². The molecule has 1 aliphatic carbocycles. The fourth-order valence-electron chi connectivity index (χ4n) is 5.67. The molecular formula is C35H39N5O2. The summed E-state index contributed by atoms with van der Waals surface area (Å²) in [5.41, 5.74) is 8.06. The molecule has 7 heteroatoms. The molecule has 2 heterocycles. The Morgan fingerprint density at radius 3 is 2.69 bits per heavy atom. The normalized spacial score (nSPS) is 14.7. The van der Waals surface area contributed by atoms with Crippen LogP contribution in [0.4, 0.5) is 5.69 Å². The van der Waals surface area contributed by atoms with Crippen molar-refractivity contribution in [1.82, 2.24) is 14.8 Å². The van der Waals surface area contributed by atoms with Crippen LogP contribution in [0.25, 0.3) is 0 Å². The van der Waals surface area contributed by atoms with E-state index in [9.17, 15) is 4.79 Å². The largest absolute Gasteiger partial charge is 0.489 e. The summed E-state index contributed by atoms with van der Waals surface area (Å²) < 4.78 is 8.16. The van der Waals surface area contributed by atoms with E-state index in [2.05, 4.69) is 59.8 Å². The Balaban J connectivity index is 1.46. The number of nitrogens with zero attached hydrogens (tertiary/aromatic N) is 5. The standard InChI is InChI=1S/C35H39N5O2/c1-5-28-16-17-30(20-37-28)40(22-27-19-38-39(21-27)23-29(6-2)36-4)35(41)32-14-10-13-31-33(18-15-25(3)34(31)32)42-24-26-11-8-7-9-12-26/h6-9,11-12,15-21,32H,2,5,10,13-14,22-24H2,1,3-4H3. The van der Waals surface area contributed by atoms with E-state index in [0.717, 1.165) is 76.3 Å². The quantitative estimate of drug-likeness (QED) is 0.193. The number of hydrogen-bond donors (Lipinski definition) is 0. The average Bonchev–Trinajstić information content (AvgIpc) is 3.49. The first-order chi connectivity index (χ1) is 20.5. The Kier molecular flexibility index (Phi) is 9.27. The predicted octanol–water partition coefficient (Wildman–Crippen LogP) is 6.64. The van der Waals surface area contributed by atoms with Gasteiger partial charge in [-0.3, -0.25) is 19.5 Å². The predicted molar refractivity (Wildman–Crippen MR) is 168 cm³/mol. The molecular weight excluding hydrogens is 522 g/mol. The smallest absolute Gasteiger partial charge is 0.234 e. The van der Waals surface area contributed by atoms with E-state index >= 15 is 0 Å². The third kappa shape index (κ3) is 6.51. The van der Waals surface area contributed by atoms with Crippen molar-refractivity contribution < 1.29 is 9.53 Å². The zero-order valence-electron chi connectivity index (χ0n) is 24.8. The van der Waals surface area contributed by atoms with Gasteiger partial charge in [-0.1, -0.05) is 49.9 Å². The van der Waals surface area contributed by atoms with Gasteiger partial charge in [-0.15, -0.1) is 0 Å². The number of allylic oxidation sites excluding steroid dienone is 1. The highest BCUT2D eigenvalue weighted by atomic mass is 16.5. The Labute approximate surface area is 248 Å². The van der Waals surface area contributed by atoms with Crippen LogP contribution in [0.1, 0.15) is 59.2 Å². The minimum Gasteiger partial charge on any atom is -0.489 e. The van der Waals surface area contributed by atoms with E-state index in [1.165, 1.54) is 0 Å². The van der Waals surface area contributed by atoms with Crippen molar-refractivity contribution in [3.63, 3.8) is 0 Å². The third-order valence-electron chi connectivity index (χ3n) is 7.96. The zero-order chi connectivity index (χ0) is 29.5. The second-order valence-corrected chi connectivity index (χ2v) is 10.7. The lowest BCUT2D eigenvalue weighted by molar-refractivity contribution is -0.120. The number of anilines is 1. The van der Waals surface area contributed by atoms with Crippen LogP contribution in [-0.4, -0.2) is 33.4 Å². The molecule has 216 valence electrons. The highest BCUT2D eigenvalue weighted by Gasteiger charge is 2.34. The van der Waals surface area contributed by atoms with Crippen molar-refractivity contribution in [2.45, 2.75) is 65.1 Å². The molecule has 4 aromatic rings. The number of hydrogen-bond acceptors (Lipinski definition) is 5. The van der Waals surface area contributed by atoms with Gasteiger partial charge in [0.1, 0.15) is 12.4 Å². The number of rotatable bonds is 11. The van der Waals surface area contributed by atoms with E-state index in [0.29, 0.717) is 19.7 Å². The molecule has 0 N–H and O–H groups in total. The van der Waals surface area contributed by atoms with Crippen molar-refractivity contribution >= 4 is 17.3 Å². The maximum absolute atomic E-state index is 14.5. The summed E-state index contributed by atoms with van der Waals surface area (Å²) in [5, 5.41) is 4.52. The van der Waals surface area contributed by atoms with Crippen LogP contribution in [0.2, 0.25) is 0 Å². The van der Waals surface area contributed by atoms with Crippen LogP contribution in [0.3, 0.4) is 0 Å². The van der Waals surface area contributed by atoms with Gasteiger partial charge >= 0.3 is 0 Å². The van der Waals surface area contributed by atoms with Crippen LogP contribution in [0, 0.1) is 6.92 Å². The second kappa shape index (κ2) is 13.4. The molecule has 0 bridgehead atoms. The number of fused-ring (bicyclic) bond motifs is 1. The highest BCUT2D eigenvalue weighted by Crippen LogP contribution is 2.41. The summed E-state index contributed by atoms with van der Waals surface area (Å²) in [6.07, 6.45) is 10.8. The van der Waals surface area contributed by atoms with Crippen molar-refractivity contribution in [3.05, 3.63) is 119 Å². The van der Waals surface area contributed by atoms with E-state index < -0.39 is 0 Å². The monoisotopic (exact) mass is 561 g/mol. The van der Waals surface area contributed by atoms with Gasteiger partial charge in [-0.25, -0.2) is 0 Å². The lowest BCUT2D eigenvalue weighted by Gasteiger charge is -2.32. The van der Waals surface area contributed by atoms with Gasteiger partial charge in [-0.2, -0.15) is 5.10 Å². The first-order valence-electron chi connectivity index (χ1n) is 14.7. The molecule has 0 aliphatic heterocycles. The zero-order valence-corrected chi connectivity index (χ0v) is 24.8. The molecule has 2 aromatic heterocycles. The van der Waals surface area contributed by atoms with E-state index in [1.54, 1.807) is 13.1 Å². The Bertz CT molecular complexity index is 1560. The number of aromatic nitrogens is 3. The first kappa shape index (κ1) is 29.0. The maximum atomic E-state index is 14.5. The first-order valence-corrected chi connectivity index (χ1v) is 14.7. The molecule has 1 amide bonds. The maximum Gasteiger partial charge on any atom is 0.234 e. The minimum absolute atomic E-state index is 0.0694. The molecule has 0 spiro atoms.